The average Bonchev–Trinajstić information content (AvgIpc) is 2.90. The molecule has 1 aliphatic heterocycles. The number of aliphatic hydroxyl groups excluding tert-OH is 5. The Bertz CT molecular complexity index is 738. The fraction of sp³-hybridized carbons (Fsp3) is 0.828. The van der Waals surface area contributed by atoms with E-state index in [0.29, 0.717) is 6.42 Å². The molecule has 2 aliphatic rings. The van der Waals surface area contributed by atoms with E-state index in [0.717, 1.165) is 19.3 Å². The molecule has 38 heavy (non-hydrogen) atoms. The largest absolute Gasteiger partial charge is 0.508 e. The first-order chi connectivity index (χ1) is 18.3. The van der Waals surface area contributed by atoms with Crippen molar-refractivity contribution >= 4 is 5.97 Å². The van der Waals surface area contributed by atoms with Gasteiger partial charge in [-0.15, -0.1) is 0 Å². The van der Waals surface area contributed by atoms with Crippen LogP contribution in [0.4, 0.5) is 0 Å². The molecular formula is C29H50O9. The number of carboxylic acid groups (broad SMARTS) is 1. The lowest BCUT2D eigenvalue weighted by Gasteiger charge is -2.45. The van der Waals surface area contributed by atoms with Crippen molar-refractivity contribution in [1.29, 1.82) is 0 Å². The van der Waals surface area contributed by atoms with Crippen LogP contribution in [0.25, 0.3) is 0 Å². The van der Waals surface area contributed by atoms with Gasteiger partial charge in [0.2, 0.25) is 0 Å². The van der Waals surface area contributed by atoms with Gasteiger partial charge in [-0.25, -0.2) is 0 Å². The Kier molecular flexibility index (Phi) is 14.9. The smallest absolute Gasteiger partial charge is 0.313 e. The first-order valence-electron chi connectivity index (χ1n) is 14.6. The van der Waals surface area contributed by atoms with Crippen molar-refractivity contribution in [2.45, 2.75) is 140 Å². The highest BCUT2D eigenvalue weighted by Crippen LogP contribution is 2.39. The monoisotopic (exact) mass is 542 g/mol. The Morgan fingerprint density at radius 2 is 1.39 bits per heavy atom. The second-order valence-electron chi connectivity index (χ2n) is 10.9. The zero-order chi connectivity index (χ0) is 28.0. The number of allylic oxidation sites excluding steroid dienone is 1. The van der Waals surface area contributed by atoms with Crippen molar-refractivity contribution in [3.8, 4) is 0 Å². The van der Waals surface area contributed by atoms with Crippen LogP contribution >= 0.6 is 0 Å². The summed E-state index contributed by atoms with van der Waals surface area (Å²) in [6.45, 7) is 1.62. The minimum atomic E-state index is -1.65. The van der Waals surface area contributed by atoms with Crippen LogP contribution in [0.1, 0.15) is 103 Å². The second kappa shape index (κ2) is 17.3. The number of carboxylic acids is 1. The van der Waals surface area contributed by atoms with Gasteiger partial charge in [0, 0.05) is 0 Å². The zero-order valence-corrected chi connectivity index (χ0v) is 22.9. The number of ether oxygens (including phenoxy) is 2. The average molecular weight is 543 g/mol. The Balaban J connectivity index is 1.84. The van der Waals surface area contributed by atoms with E-state index in [1.165, 1.54) is 82.4 Å². The molecule has 0 aromatic heterocycles. The van der Waals surface area contributed by atoms with E-state index in [2.05, 4.69) is 6.92 Å². The lowest BCUT2D eigenvalue weighted by molar-refractivity contribution is -0.325. The molecule has 9 nitrogen and oxygen atoms in total. The molecule has 9 heteroatoms. The number of rotatable bonds is 19. The van der Waals surface area contributed by atoms with Gasteiger partial charge < -0.3 is 40.1 Å². The zero-order valence-electron chi connectivity index (χ0n) is 22.9. The molecular weight excluding hydrogens is 492 g/mol. The van der Waals surface area contributed by atoms with Gasteiger partial charge in [-0.2, -0.15) is 0 Å². The normalized spacial score (nSPS) is 31.3. The molecule has 6 N–H and O–H groups in total. The fourth-order valence-corrected chi connectivity index (χ4v) is 5.36. The summed E-state index contributed by atoms with van der Waals surface area (Å²) < 4.78 is 11.5. The van der Waals surface area contributed by atoms with Gasteiger partial charge >= 0.3 is 5.97 Å². The van der Waals surface area contributed by atoms with E-state index in [1.54, 1.807) is 0 Å². The second-order valence-corrected chi connectivity index (χ2v) is 10.9. The van der Waals surface area contributed by atoms with Crippen LogP contribution < -0.4 is 0 Å². The fourth-order valence-electron chi connectivity index (χ4n) is 5.36. The molecule has 1 aliphatic carbocycles. The van der Waals surface area contributed by atoms with Crippen molar-refractivity contribution in [3.63, 3.8) is 0 Å². The summed E-state index contributed by atoms with van der Waals surface area (Å²) in [5, 5.41) is 60.0. The Morgan fingerprint density at radius 3 is 1.89 bits per heavy atom. The van der Waals surface area contributed by atoms with Crippen molar-refractivity contribution in [2.75, 3.05) is 6.61 Å². The van der Waals surface area contributed by atoms with Gasteiger partial charge in [0.1, 0.15) is 41.7 Å². The summed E-state index contributed by atoms with van der Waals surface area (Å²) in [7, 11) is 0. The SMILES string of the molecule is CCCCCCCCCCCCCCCCC1(O[C@@H]2O[C@H](CO)[C@@H](O)[C@H](O)[C@H]2O)C=CC(O)=CC1C(=O)O. The minimum Gasteiger partial charge on any atom is -0.508 e. The summed E-state index contributed by atoms with van der Waals surface area (Å²) >= 11 is 0. The van der Waals surface area contributed by atoms with Gasteiger partial charge in [-0.3, -0.25) is 4.79 Å². The van der Waals surface area contributed by atoms with E-state index in [4.69, 9.17) is 9.47 Å². The first kappa shape index (κ1) is 32.7. The topological polar surface area (TPSA) is 157 Å². The van der Waals surface area contributed by atoms with Crippen LogP contribution in [0, 0.1) is 5.92 Å². The van der Waals surface area contributed by atoms with Crippen molar-refractivity contribution in [2.24, 2.45) is 5.92 Å². The molecule has 7 atom stereocenters. The predicted molar refractivity (Wildman–Crippen MR) is 143 cm³/mol. The maximum atomic E-state index is 12.1. The third-order valence-electron chi connectivity index (χ3n) is 7.77. The van der Waals surface area contributed by atoms with Crippen molar-refractivity contribution < 1.29 is 44.9 Å². The summed E-state index contributed by atoms with van der Waals surface area (Å²) in [6, 6.07) is 0. The van der Waals surface area contributed by atoms with Crippen LogP contribution in [0.3, 0.4) is 0 Å². The standard InChI is InChI=1S/C29H50O9/c1-2-3-4-5-6-7-8-9-10-11-12-13-14-15-17-29(18-16-21(31)19-22(29)27(35)36)38-28-26(34)25(33)24(32)23(20-30)37-28/h16,18-19,22-26,28,30-34H,2-15,17,20H2,1H3,(H,35,36)/t22?,23-,24-,25+,26-,28+,29?/m1/s1. The maximum absolute atomic E-state index is 12.1. The van der Waals surface area contributed by atoms with Crippen LogP contribution in [0.2, 0.25) is 0 Å². The predicted octanol–water partition coefficient (Wildman–Crippen LogP) is 4.13. The van der Waals surface area contributed by atoms with Crippen molar-refractivity contribution in [1.82, 2.24) is 0 Å². The van der Waals surface area contributed by atoms with E-state index in [-0.39, 0.29) is 12.2 Å². The third kappa shape index (κ3) is 9.92. The highest BCUT2D eigenvalue weighted by Gasteiger charge is 2.50. The molecule has 0 bridgehead atoms. The lowest BCUT2D eigenvalue weighted by atomic mass is 9.79. The summed E-state index contributed by atoms with van der Waals surface area (Å²) in [6.07, 6.45) is 13.4. The molecule has 1 saturated heterocycles. The molecule has 2 unspecified atom stereocenters. The van der Waals surface area contributed by atoms with E-state index in [1.807, 2.05) is 0 Å². The quantitative estimate of drug-likeness (QED) is 0.132. The molecule has 0 saturated carbocycles. The Morgan fingerprint density at radius 1 is 0.868 bits per heavy atom. The van der Waals surface area contributed by atoms with Gasteiger partial charge in [0.05, 0.1) is 6.61 Å². The van der Waals surface area contributed by atoms with E-state index < -0.39 is 54.8 Å². The molecule has 0 radical (unpaired) electrons. The highest BCUT2D eigenvalue weighted by atomic mass is 16.7. The van der Waals surface area contributed by atoms with Crippen molar-refractivity contribution in [3.05, 3.63) is 24.0 Å². The van der Waals surface area contributed by atoms with Crippen LogP contribution in [-0.2, 0) is 14.3 Å². The number of hydrogen-bond donors (Lipinski definition) is 6. The van der Waals surface area contributed by atoms with E-state index in [9.17, 15) is 35.4 Å². The van der Waals surface area contributed by atoms with Gasteiger partial charge in [-0.1, -0.05) is 96.8 Å². The van der Waals surface area contributed by atoms with E-state index >= 15 is 0 Å². The maximum Gasteiger partial charge on any atom is 0.313 e. The van der Waals surface area contributed by atoms with Gasteiger partial charge in [0.25, 0.3) is 0 Å². The summed E-state index contributed by atoms with van der Waals surface area (Å²) in [5.41, 5.74) is -1.44. The molecule has 1 heterocycles. The third-order valence-corrected chi connectivity index (χ3v) is 7.77. The molecule has 0 aromatic carbocycles. The van der Waals surface area contributed by atoms with Gasteiger partial charge in [0.15, 0.2) is 6.29 Å². The summed E-state index contributed by atoms with van der Waals surface area (Å²) in [5.74, 6) is -2.66. The summed E-state index contributed by atoms with van der Waals surface area (Å²) in [4.78, 5) is 12.1. The molecule has 0 aromatic rings. The van der Waals surface area contributed by atoms with Crippen LogP contribution in [-0.4, -0.2) is 79.5 Å². The number of carbonyl (C=O) groups is 1. The van der Waals surface area contributed by atoms with Gasteiger partial charge in [-0.05, 0) is 24.6 Å². The Labute approximate surface area is 227 Å². The van der Waals surface area contributed by atoms with Crippen LogP contribution in [0.5, 0.6) is 0 Å². The van der Waals surface area contributed by atoms with Crippen LogP contribution in [0.15, 0.2) is 24.0 Å². The number of aliphatic carboxylic acids is 1. The molecule has 0 amide bonds. The lowest BCUT2D eigenvalue weighted by Crippen LogP contribution is -2.61. The highest BCUT2D eigenvalue weighted by molar-refractivity contribution is 5.75. The molecule has 220 valence electrons. The number of unbranched alkanes of at least 4 members (excludes halogenated alkanes) is 13. The Hall–Kier alpha value is -1.49. The number of hydrogen-bond acceptors (Lipinski definition) is 8. The molecule has 0 spiro atoms. The first-order valence-corrected chi connectivity index (χ1v) is 14.6. The minimum absolute atomic E-state index is 0.202. The number of aliphatic hydroxyl groups is 5. The molecule has 1 fully saturated rings. The molecule has 2 rings (SSSR count).